The number of aliphatic imine (C=N–C) groups is 1. The summed E-state index contributed by atoms with van der Waals surface area (Å²) < 4.78 is 11.3. The van der Waals surface area contributed by atoms with Crippen LogP contribution in [-0.4, -0.2) is 54.2 Å². The number of allylic oxidation sites excluding steroid dienone is 1. The van der Waals surface area contributed by atoms with E-state index >= 15 is 0 Å². The fourth-order valence-electron chi connectivity index (χ4n) is 5.55. The second-order valence-corrected chi connectivity index (χ2v) is 10.1. The van der Waals surface area contributed by atoms with Gasteiger partial charge in [-0.3, -0.25) is 24.8 Å². The maximum Gasteiger partial charge on any atom is 0.337 e. The minimum Gasteiger partial charge on any atom is -0.468 e. The van der Waals surface area contributed by atoms with E-state index in [1.165, 1.54) is 32.1 Å². The third-order valence-electron chi connectivity index (χ3n) is 7.49. The van der Waals surface area contributed by atoms with E-state index < -0.39 is 34.8 Å². The van der Waals surface area contributed by atoms with Crippen LogP contribution in [0.5, 0.6) is 0 Å². The highest BCUT2D eigenvalue weighted by Crippen LogP contribution is 2.41. The number of likely N-dealkylation sites (tertiary alicyclic amines) is 1. The molecule has 1 fully saturated rings. The van der Waals surface area contributed by atoms with Gasteiger partial charge in [-0.1, -0.05) is 55.3 Å². The molecule has 0 spiro atoms. The number of hydrogen-bond donors (Lipinski definition) is 0. The first-order valence-corrected chi connectivity index (χ1v) is 13.4. The summed E-state index contributed by atoms with van der Waals surface area (Å²) in [5.41, 5.74) is 2.27. The molecule has 3 unspecified atom stereocenters. The monoisotopic (exact) mass is 533 g/mol. The summed E-state index contributed by atoms with van der Waals surface area (Å²) >= 11 is 0. The van der Waals surface area contributed by atoms with Crippen LogP contribution >= 0.6 is 0 Å². The third-order valence-corrected chi connectivity index (χ3v) is 7.49. The summed E-state index contributed by atoms with van der Waals surface area (Å²) in [6.07, 6.45) is 4.05. The molecule has 2 aromatic carbocycles. The van der Waals surface area contributed by atoms with Gasteiger partial charge in [-0.15, -0.1) is 0 Å². The number of carbonyl (C=O) groups excluding carboxylic acids is 2. The van der Waals surface area contributed by atoms with E-state index in [4.69, 9.17) is 9.47 Å². The lowest BCUT2D eigenvalue weighted by atomic mass is 9.75. The number of methoxy groups -OCH3 is 1. The van der Waals surface area contributed by atoms with Crippen molar-refractivity contribution in [3.05, 3.63) is 87.1 Å². The minimum absolute atomic E-state index is 0.134. The van der Waals surface area contributed by atoms with Crippen LogP contribution in [0.3, 0.4) is 0 Å². The van der Waals surface area contributed by atoms with Crippen molar-refractivity contribution in [2.24, 2.45) is 10.9 Å². The second kappa shape index (κ2) is 12.8. The molecule has 2 aromatic rings. The van der Waals surface area contributed by atoms with Crippen molar-refractivity contribution in [1.82, 2.24) is 4.90 Å². The van der Waals surface area contributed by atoms with Crippen LogP contribution in [0.1, 0.15) is 62.7 Å². The van der Waals surface area contributed by atoms with Crippen molar-refractivity contribution >= 4 is 23.3 Å². The quantitative estimate of drug-likeness (QED) is 0.255. The molecular weight excluding hydrogens is 498 g/mol. The SMILES string of the molecule is COC(=O)C1C(C)=NC(C)=C(C(=O)OC(CN2CCCCCC2)c2ccccc2)C1c1cccc([N+](=O)[O-])c1. The molecule has 0 bridgehead atoms. The van der Waals surface area contributed by atoms with Gasteiger partial charge in [0.1, 0.15) is 12.0 Å². The van der Waals surface area contributed by atoms with Gasteiger partial charge in [0, 0.05) is 36.0 Å². The van der Waals surface area contributed by atoms with E-state index in [9.17, 15) is 19.7 Å². The fourth-order valence-corrected chi connectivity index (χ4v) is 5.55. The number of nitrogens with zero attached hydrogens (tertiary/aromatic N) is 3. The molecule has 0 amide bonds. The fraction of sp³-hybridized carbons (Fsp3) is 0.433. The molecule has 2 aliphatic rings. The summed E-state index contributed by atoms with van der Waals surface area (Å²) in [6, 6.07) is 15.6. The number of non-ortho nitro benzene ring substituents is 1. The van der Waals surface area contributed by atoms with Crippen LogP contribution < -0.4 is 0 Å². The molecule has 0 saturated carbocycles. The van der Waals surface area contributed by atoms with E-state index in [2.05, 4.69) is 9.89 Å². The Hall–Kier alpha value is -3.85. The van der Waals surface area contributed by atoms with Crippen molar-refractivity contribution in [1.29, 1.82) is 0 Å². The Morgan fingerprint density at radius 2 is 1.74 bits per heavy atom. The summed E-state index contributed by atoms with van der Waals surface area (Å²) in [5.74, 6) is -2.95. The van der Waals surface area contributed by atoms with E-state index in [1.54, 1.807) is 26.0 Å². The molecule has 2 aliphatic heterocycles. The number of ether oxygens (including phenoxy) is 2. The molecule has 9 heteroatoms. The highest BCUT2D eigenvalue weighted by Gasteiger charge is 2.43. The Labute approximate surface area is 228 Å². The van der Waals surface area contributed by atoms with Crippen LogP contribution in [0.15, 0.2) is 70.9 Å². The van der Waals surface area contributed by atoms with Crippen molar-refractivity contribution in [2.75, 3.05) is 26.7 Å². The lowest BCUT2D eigenvalue weighted by Gasteiger charge is -2.33. The van der Waals surface area contributed by atoms with Crippen molar-refractivity contribution in [3.63, 3.8) is 0 Å². The van der Waals surface area contributed by atoms with E-state index in [-0.39, 0.29) is 11.3 Å². The molecule has 3 atom stereocenters. The molecule has 4 rings (SSSR count). The molecular formula is C30H35N3O6. The largest absolute Gasteiger partial charge is 0.468 e. The van der Waals surface area contributed by atoms with Gasteiger partial charge in [-0.05, 0) is 50.9 Å². The summed E-state index contributed by atoms with van der Waals surface area (Å²) in [7, 11) is 1.27. The number of esters is 2. The molecule has 206 valence electrons. The standard InChI is InChI=1S/C30H35N3O6/c1-20-26(29(34)38-3)28(23-14-11-15-24(18-23)33(36)37)27(21(2)31-20)30(35)39-25(22-12-7-6-8-13-22)19-32-16-9-4-5-10-17-32/h6-8,11-15,18,25-26,28H,4-5,9-10,16-17,19H2,1-3H3. The van der Waals surface area contributed by atoms with Crippen LogP contribution in [-0.2, 0) is 19.1 Å². The number of benzene rings is 2. The molecule has 0 aliphatic carbocycles. The Balaban J connectivity index is 1.73. The van der Waals surface area contributed by atoms with Gasteiger partial charge in [0.25, 0.3) is 5.69 Å². The first-order valence-electron chi connectivity index (χ1n) is 13.4. The normalized spacial score (nSPS) is 20.9. The molecule has 39 heavy (non-hydrogen) atoms. The predicted octanol–water partition coefficient (Wildman–Crippen LogP) is 5.38. The maximum atomic E-state index is 14.0. The molecule has 0 radical (unpaired) electrons. The minimum atomic E-state index is -0.927. The van der Waals surface area contributed by atoms with Gasteiger partial charge in [-0.25, -0.2) is 4.79 Å². The number of rotatable bonds is 8. The van der Waals surface area contributed by atoms with Crippen LogP contribution in [0, 0.1) is 16.0 Å². The number of nitro benzene ring substituents is 1. The van der Waals surface area contributed by atoms with Gasteiger partial charge >= 0.3 is 11.9 Å². The van der Waals surface area contributed by atoms with Crippen LogP contribution in [0.4, 0.5) is 5.69 Å². The first kappa shape index (κ1) is 28.2. The maximum absolute atomic E-state index is 14.0. The average molecular weight is 534 g/mol. The van der Waals surface area contributed by atoms with Gasteiger partial charge in [-0.2, -0.15) is 0 Å². The van der Waals surface area contributed by atoms with Crippen molar-refractivity contribution in [3.8, 4) is 0 Å². The van der Waals surface area contributed by atoms with Gasteiger partial charge in [0.15, 0.2) is 0 Å². The summed E-state index contributed by atoms with van der Waals surface area (Å²) in [4.78, 5) is 44.9. The summed E-state index contributed by atoms with van der Waals surface area (Å²) in [5, 5.41) is 11.5. The van der Waals surface area contributed by atoms with Crippen LogP contribution in [0.25, 0.3) is 0 Å². The van der Waals surface area contributed by atoms with Crippen molar-refractivity contribution < 1.29 is 24.0 Å². The average Bonchev–Trinajstić information content (AvgIpc) is 3.21. The van der Waals surface area contributed by atoms with Gasteiger partial charge in [0.05, 0.1) is 17.6 Å². The zero-order valence-corrected chi connectivity index (χ0v) is 22.7. The Bertz CT molecular complexity index is 1260. The molecule has 0 N–H and O–H groups in total. The second-order valence-electron chi connectivity index (χ2n) is 10.1. The molecule has 9 nitrogen and oxygen atoms in total. The lowest BCUT2D eigenvalue weighted by Crippen LogP contribution is -2.37. The lowest BCUT2D eigenvalue weighted by molar-refractivity contribution is -0.384. The van der Waals surface area contributed by atoms with E-state index in [1.807, 2.05) is 30.3 Å². The smallest absolute Gasteiger partial charge is 0.337 e. The van der Waals surface area contributed by atoms with E-state index in [0.717, 1.165) is 31.5 Å². The van der Waals surface area contributed by atoms with Gasteiger partial charge < -0.3 is 9.47 Å². The zero-order chi connectivity index (χ0) is 27.9. The predicted molar refractivity (Wildman–Crippen MR) is 147 cm³/mol. The molecule has 1 saturated heterocycles. The first-order chi connectivity index (χ1) is 18.8. The topological polar surface area (TPSA) is 111 Å². The highest BCUT2D eigenvalue weighted by atomic mass is 16.6. The molecule has 2 heterocycles. The number of carbonyl (C=O) groups is 2. The Morgan fingerprint density at radius 3 is 2.38 bits per heavy atom. The number of nitro groups is 1. The number of hydrogen-bond acceptors (Lipinski definition) is 8. The van der Waals surface area contributed by atoms with Gasteiger partial charge in [0.2, 0.25) is 0 Å². The Morgan fingerprint density at radius 1 is 1.05 bits per heavy atom. The van der Waals surface area contributed by atoms with Crippen molar-refractivity contribution in [2.45, 2.75) is 51.6 Å². The zero-order valence-electron chi connectivity index (χ0n) is 22.7. The molecule has 0 aromatic heterocycles. The summed E-state index contributed by atoms with van der Waals surface area (Å²) in [6.45, 7) is 5.82. The Kier molecular flexibility index (Phi) is 9.24. The highest BCUT2D eigenvalue weighted by molar-refractivity contribution is 6.07. The third kappa shape index (κ3) is 6.60. The van der Waals surface area contributed by atoms with Crippen LogP contribution in [0.2, 0.25) is 0 Å². The van der Waals surface area contributed by atoms with E-state index in [0.29, 0.717) is 23.5 Å².